The molecule has 0 bridgehead atoms. The van der Waals surface area contributed by atoms with E-state index in [4.69, 9.17) is 0 Å². The monoisotopic (exact) mass is 400 g/mol. The maximum absolute atomic E-state index is 11.3. The minimum absolute atomic E-state index is 0. The Morgan fingerprint density at radius 3 is 1.46 bits per heavy atom. The Hall–Kier alpha value is 0.380. The second-order valence-corrected chi connectivity index (χ2v) is 8.44. The number of carbonyl (C=O) groups excluding carboxylic acids is 1. The van der Waals surface area contributed by atoms with E-state index in [0.29, 0.717) is 6.42 Å². The van der Waals surface area contributed by atoms with Crippen molar-refractivity contribution in [2.75, 3.05) is 7.11 Å². The van der Waals surface area contributed by atoms with Crippen LogP contribution in [0.3, 0.4) is 0 Å². The molecule has 26 heavy (non-hydrogen) atoms. The quantitative estimate of drug-likeness (QED) is 0.161. The molecule has 0 saturated heterocycles. The van der Waals surface area contributed by atoms with Gasteiger partial charge in [-0.3, -0.25) is 4.79 Å². The molecule has 0 aliphatic rings. The van der Waals surface area contributed by atoms with Gasteiger partial charge in [-0.25, -0.2) is 8.42 Å². The van der Waals surface area contributed by atoms with E-state index >= 15 is 0 Å². The van der Waals surface area contributed by atoms with Crippen molar-refractivity contribution in [3.63, 3.8) is 0 Å². The molecule has 0 fully saturated rings. The Balaban J connectivity index is 0. The van der Waals surface area contributed by atoms with Crippen molar-refractivity contribution in [3.8, 4) is 0 Å². The molecule has 0 radical (unpaired) electrons. The van der Waals surface area contributed by atoms with Crippen LogP contribution in [-0.4, -0.2) is 31.3 Å². The van der Waals surface area contributed by atoms with Gasteiger partial charge in [-0.2, -0.15) is 0 Å². The zero-order chi connectivity index (χ0) is 19.0. The van der Waals surface area contributed by atoms with Gasteiger partial charge in [0.15, 0.2) is 0 Å². The van der Waals surface area contributed by atoms with Gasteiger partial charge < -0.3 is 9.29 Å². The molecule has 0 spiro atoms. The number of rotatable bonds is 17. The van der Waals surface area contributed by atoms with Gasteiger partial charge in [-0.05, 0) is 6.42 Å². The molecule has 7 heteroatoms. The molecule has 150 valence electrons. The molecule has 0 N–H and O–H groups in total. The van der Waals surface area contributed by atoms with Crippen molar-refractivity contribution in [3.05, 3.63) is 0 Å². The van der Waals surface area contributed by atoms with Crippen LogP contribution in [0.1, 0.15) is 103 Å². The smallest absolute Gasteiger partial charge is 0.747 e. The van der Waals surface area contributed by atoms with Crippen LogP contribution >= 0.6 is 0 Å². The number of hydrogen-bond donors (Lipinski definition) is 0. The Morgan fingerprint density at radius 2 is 1.15 bits per heavy atom. The summed E-state index contributed by atoms with van der Waals surface area (Å²) in [7, 11) is -3.52. The van der Waals surface area contributed by atoms with E-state index in [1.54, 1.807) is 0 Å². The van der Waals surface area contributed by atoms with Crippen molar-refractivity contribution >= 4 is 16.1 Å². The SMILES string of the molecule is CCCCCCCCCCCCCCCCC(C(=O)OC)S(=O)(=O)[O-].[Na+]. The van der Waals surface area contributed by atoms with Gasteiger partial charge in [0.25, 0.3) is 0 Å². The van der Waals surface area contributed by atoms with Gasteiger partial charge in [0, 0.05) is 0 Å². The normalized spacial score (nSPS) is 12.4. The van der Waals surface area contributed by atoms with Crippen molar-refractivity contribution in [2.45, 2.75) is 108 Å². The van der Waals surface area contributed by atoms with Gasteiger partial charge >= 0.3 is 35.5 Å². The fraction of sp³-hybridized carbons (Fsp3) is 0.947. The topological polar surface area (TPSA) is 83.5 Å². The Kier molecular flexibility index (Phi) is 20.6. The van der Waals surface area contributed by atoms with Crippen LogP contribution in [0.4, 0.5) is 0 Å². The van der Waals surface area contributed by atoms with Gasteiger partial charge in [-0.15, -0.1) is 0 Å². The van der Waals surface area contributed by atoms with Gasteiger partial charge in [0.1, 0.15) is 15.4 Å². The first-order valence-corrected chi connectivity index (χ1v) is 11.4. The summed E-state index contributed by atoms with van der Waals surface area (Å²) in [5.74, 6) is -0.940. The van der Waals surface area contributed by atoms with Crippen molar-refractivity contribution in [2.24, 2.45) is 0 Å². The molecule has 1 unspecified atom stereocenters. The van der Waals surface area contributed by atoms with Crippen LogP contribution in [0.2, 0.25) is 0 Å². The van der Waals surface area contributed by atoms with E-state index < -0.39 is 21.3 Å². The molecule has 0 aliphatic heterocycles. The fourth-order valence-corrected chi connectivity index (χ4v) is 3.82. The number of unbranched alkanes of at least 4 members (excludes halogenated alkanes) is 13. The summed E-state index contributed by atoms with van der Waals surface area (Å²) >= 11 is 0. The van der Waals surface area contributed by atoms with Gasteiger partial charge in [-0.1, -0.05) is 96.8 Å². The zero-order valence-electron chi connectivity index (χ0n) is 17.1. The van der Waals surface area contributed by atoms with Gasteiger partial charge in [0.05, 0.1) is 7.11 Å². The second kappa shape index (κ2) is 18.7. The van der Waals surface area contributed by atoms with Crippen LogP contribution in [-0.2, 0) is 19.6 Å². The summed E-state index contributed by atoms with van der Waals surface area (Å²) in [6.07, 6.45) is 16.8. The summed E-state index contributed by atoms with van der Waals surface area (Å²) in [6, 6.07) is 0. The second-order valence-electron chi connectivity index (χ2n) is 6.89. The molecule has 1 atom stereocenters. The molecule has 0 saturated carbocycles. The van der Waals surface area contributed by atoms with E-state index in [2.05, 4.69) is 11.7 Å². The number of hydrogen-bond acceptors (Lipinski definition) is 5. The first-order chi connectivity index (χ1) is 11.9. The molecule has 0 rings (SSSR count). The van der Waals surface area contributed by atoms with E-state index in [-0.39, 0.29) is 36.0 Å². The largest absolute Gasteiger partial charge is 1.00 e. The number of carbonyl (C=O) groups is 1. The summed E-state index contributed by atoms with van der Waals surface area (Å²) in [5, 5.41) is -1.55. The predicted octanol–water partition coefficient (Wildman–Crippen LogP) is 1.95. The molecule has 0 aromatic carbocycles. The first-order valence-electron chi connectivity index (χ1n) is 9.96. The number of methoxy groups -OCH3 is 1. The molecule has 0 heterocycles. The fourth-order valence-electron chi connectivity index (χ4n) is 3.04. The predicted molar refractivity (Wildman–Crippen MR) is 100 cm³/mol. The average Bonchev–Trinajstić information content (AvgIpc) is 2.56. The van der Waals surface area contributed by atoms with E-state index in [1.165, 1.54) is 64.2 Å². The van der Waals surface area contributed by atoms with E-state index in [1.807, 2.05) is 0 Å². The molecule has 0 amide bonds. The number of ether oxygens (including phenoxy) is 1. The van der Waals surface area contributed by atoms with Crippen LogP contribution in [0.25, 0.3) is 0 Å². The molecule has 0 aliphatic carbocycles. The minimum atomic E-state index is -4.62. The van der Waals surface area contributed by atoms with Gasteiger partial charge in [0.2, 0.25) is 0 Å². The van der Waals surface area contributed by atoms with Crippen molar-refractivity contribution < 1.29 is 52.1 Å². The number of esters is 1. The summed E-state index contributed by atoms with van der Waals surface area (Å²) < 4.78 is 37.5. The van der Waals surface area contributed by atoms with Crippen LogP contribution in [0.15, 0.2) is 0 Å². The van der Waals surface area contributed by atoms with Crippen molar-refractivity contribution in [1.82, 2.24) is 0 Å². The molecular weight excluding hydrogens is 363 g/mol. The summed E-state index contributed by atoms with van der Waals surface area (Å²) in [5.41, 5.74) is 0. The third-order valence-corrected chi connectivity index (χ3v) is 5.76. The maximum Gasteiger partial charge on any atom is 1.00 e. The molecule has 0 aromatic heterocycles. The van der Waals surface area contributed by atoms with E-state index in [0.717, 1.165) is 26.4 Å². The van der Waals surface area contributed by atoms with Crippen molar-refractivity contribution in [1.29, 1.82) is 0 Å². The van der Waals surface area contributed by atoms with Crippen LogP contribution < -0.4 is 29.6 Å². The zero-order valence-corrected chi connectivity index (χ0v) is 19.9. The first kappa shape index (κ1) is 28.6. The van der Waals surface area contributed by atoms with E-state index in [9.17, 15) is 17.8 Å². The summed E-state index contributed by atoms with van der Waals surface area (Å²) in [6.45, 7) is 2.24. The third-order valence-electron chi connectivity index (χ3n) is 4.63. The third kappa shape index (κ3) is 16.5. The Bertz CT molecular complexity index is 426. The standard InChI is InChI=1S/C19H38O5S.Na/c1-3-4-5-6-7-8-9-10-11-12-13-14-15-16-17-18(19(20)24-2)25(21,22)23;/h18H,3-17H2,1-2H3,(H,21,22,23);/q;+1/p-1. The molecule has 0 aromatic rings. The Morgan fingerprint density at radius 1 is 0.808 bits per heavy atom. The molecular formula is C19H37NaO5S. The van der Waals surface area contributed by atoms with Crippen LogP contribution in [0, 0.1) is 0 Å². The maximum atomic E-state index is 11.3. The minimum Gasteiger partial charge on any atom is -0.747 e. The van der Waals surface area contributed by atoms with Crippen LogP contribution in [0.5, 0.6) is 0 Å². The Labute approximate surface area is 183 Å². The molecule has 5 nitrogen and oxygen atoms in total. The average molecular weight is 401 g/mol. The summed E-state index contributed by atoms with van der Waals surface area (Å²) in [4.78, 5) is 11.3.